The fraction of sp³-hybridized carbons (Fsp3) is 0. The van der Waals surface area contributed by atoms with E-state index < -0.39 is 27.0 Å². The van der Waals surface area contributed by atoms with Crippen molar-refractivity contribution in [3.63, 3.8) is 0 Å². The van der Waals surface area contributed by atoms with Crippen molar-refractivity contribution in [1.82, 2.24) is 29.9 Å². The van der Waals surface area contributed by atoms with Crippen molar-refractivity contribution in [3.05, 3.63) is 108 Å². The molecule has 0 atom stereocenters. The van der Waals surface area contributed by atoms with Gasteiger partial charge < -0.3 is 31.5 Å². The molecule has 0 aliphatic heterocycles. The predicted octanol–water partition coefficient (Wildman–Crippen LogP) is 6.29. The lowest BCUT2D eigenvalue weighted by atomic mass is 10.1. The van der Waals surface area contributed by atoms with E-state index in [1.54, 1.807) is 54.6 Å². The average molecular weight is 743 g/mol. The van der Waals surface area contributed by atoms with Gasteiger partial charge in [-0.05, 0) is 59.7 Å². The Morgan fingerprint density at radius 3 is 1.50 bits per heavy atom. The summed E-state index contributed by atoms with van der Waals surface area (Å²) in [6.07, 6.45) is 2.97. The molecule has 0 fully saturated rings. The number of hydrogen-bond donors (Lipinski definition) is 8. The highest BCUT2D eigenvalue weighted by molar-refractivity contribution is 7.94. The number of nitrogens with one attached hydrogen (secondary N) is 4. The monoisotopic (exact) mass is 742 g/mol. The zero-order valence-electron chi connectivity index (χ0n) is 26.3. The van der Waals surface area contributed by atoms with E-state index >= 15 is 0 Å². The molecule has 20 heteroatoms. The van der Waals surface area contributed by atoms with Gasteiger partial charge in [-0.2, -0.15) is 38.3 Å². The predicted molar refractivity (Wildman–Crippen MR) is 191 cm³/mol. The fourth-order valence-corrected chi connectivity index (χ4v) is 5.76. The molecule has 0 amide bonds. The summed E-state index contributed by atoms with van der Waals surface area (Å²) in [5, 5.41) is 44.4. The van der Waals surface area contributed by atoms with Gasteiger partial charge in [0.05, 0.1) is 12.0 Å². The largest absolute Gasteiger partial charge is 0.479 e. The molecule has 0 saturated carbocycles. The van der Waals surface area contributed by atoms with Crippen LogP contribution in [0.3, 0.4) is 0 Å². The molecular formula is C32H26N10O8S2. The Morgan fingerprint density at radius 2 is 1.02 bits per heavy atom. The quantitative estimate of drug-likeness (QED) is 0.0200. The summed E-state index contributed by atoms with van der Waals surface area (Å²) in [6.45, 7) is 0. The van der Waals surface area contributed by atoms with Crippen molar-refractivity contribution in [3.8, 4) is 12.0 Å². The van der Waals surface area contributed by atoms with E-state index in [-0.39, 0.29) is 35.0 Å². The lowest BCUT2D eigenvalue weighted by molar-refractivity contribution is -0.432. The minimum atomic E-state index is -4.75. The molecule has 0 bridgehead atoms. The number of hydrogen-bond acceptors (Lipinski definition) is 18. The molecule has 0 aliphatic rings. The second-order valence-electron chi connectivity index (χ2n) is 10.3. The molecule has 0 saturated heterocycles. The number of benzene rings is 4. The Labute approximate surface area is 299 Å². The number of aromatic hydroxyl groups is 2. The molecule has 8 N–H and O–H groups in total. The van der Waals surface area contributed by atoms with Crippen LogP contribution in [-0.2, 0) is 19.5 Å². The molecule has 264 valence electrons. The smallest absolute Gasteiger partial charge is 0.320 e. The number of para-hydroxylation sites is 2. The highest BCUT2D eigenvalue weighted by Crippen LogP contribution is 2.31. The molecule has 0 spiro atoms. The second-order valence-corrected chi connectivity index (χ2v) is 12.5. The van der Waals surface area contributed by atoms with Crippen LogP contribution >= 0.6 is 12.0 Å². The van der Waals surface area contributed by atoms with E-state index in [0.29, 0.717) is 39.6 Å². The van der Waals surface area contributed by atoms with Crippen molar-refractivity contribution >= 4 is 80.9 Å². The van der Waals surface area contributed by atoms with Crippen LogP contribution in [0.2, 0.25) is 0 Å². The molecule has 2 aromatic heterocycles. The van der Waals surface area contributed by atoms with E-state index in [0.717, 1.165) is 6.07 Å². The Balaban J connectivity index is 1.23. The second kappa shape index (κ2) is 16.1. The van der Waals surface area contributed by atoms with Crippen molar-refractivity contribution in [2.45, 2.75) is 9.79 Å². The molecule has 2 heterocycles. The molecule has 52 heavy (non-hydrogen) atoms. The zero-order valence-corrected chi connectivity index (χ0v) is 27.9. The maximum atomic E-state index is 12.4. The summed E-state index contributed by atoms with van der Waals surface area (Å²) in [7, 11) is -4.75. The van der Waals surface area contributed by atoms with Crippen molar-refractivity contribution in [1.29, 1.82) is 0 Å². The first kappa shape index (κ1) is 35.4. The van der Waals surface area contributed by atoms with Gasteiger partial charge in [0.2, 0.25) is 23.8 Å². The summed E-state index contributed by atoms with van der Waals surface area (Å²) in [5.74, 6) is 0.0112. The lowest BCUT2D eigenvalue weighted by Crippen LogP contribution is -2.05. The Morgan fingerprint density at radius 1 is 0.577 bits per heavy atom. The Kier molecular flexibility index (Phi) is 10.9. The van der Waals surface area contributed by atoms with Crippen LogP contribution in [0.25, 0.3) is 12.2 Å². The average Bonchev–Trinajstić information content (AvgIpc) is 3.10. The zero-order chi connectivity index (χ0) is 36.5. The Hall–Kier alpha value is -6.42. The highest BCUT2D eigenvalue weighted by atomic mass is 32.2. The van der Waals surface area contributed by atoms with Crippen LogP contribution in [0.1, 0.15) is 11.1 Å². The number of nitrogens with zero attached hydrogens (tertiary/aromatic N) is 6. The van der Waals surface area contributed by atoms with Gasteiger partial charge >= 0.3 is 12.0 Å². The molecule has 0 aliphatic carbocycles. The maximum absolute atomic E-state index is 12.4. The highest BCUT2D eigenvalue weighted by Gasteiger charge is 2.17. The van der Waals surface area contributed by atoms with E-state index in [2.05, 4.69) is 60.5 Å². The minimum Gasteiger partial charge on any atom is -0.479 e. The number of rotatable bonds is 14. The van der Waals surface area contributed by atoms with Crippen LogP contribution in [-0.4, -0.2) is 58.3 Å². The summed E-state index contributed by atoms with van der Waals surface area (Å²) in [5.41, 5.74) is 2.52. The third-order valence-electron chi connectivity index (χ3n) is 6.72. The summed E-state index contributed by atoms with van der Waals surface area (Å²) < 4.78 is 39.6. The van der Waals surface area contributed by atoms with Gasteiger partial charge in [-0.1, -0.05) is 65.7 Å². The number of aromatic nitrogens is 6. The summed E-state index contributed by atoms with van der Waals surface area (Å²) in [4.78, 5) is 23.9. The molecule has 6 aromatic rings. The lowest BCUT2D eigenvalue weighted by Gasteiger charge is -2.11. The summed E-state index contributed by atoms with van der Waals surface area (Å²) in [6, 6.07) is 25.8. The first-order valence-corrected chi connectivity index (χ1v) is 17.0. The summed E-state index contributed by atoms with van der Waals surface area (Å²) >= 11 is 0.630. The van der Waals surface area contributed by atoms with Gasteiger partial charge in [0.1, 0.15) is 4.90 Å². The van der Waals surface area contributed by atoms with Crippen LogP contribution in [0.4, 0.5) is 46.5 Å². The first-order valence-electron chi connectivity index (χ1n) is 14.8. The van der Waals surface area contributed by atoms with Crippen LogP contribution in [0.5, 0.6) is 12.0 Å². The van der Waals surface area contributed by atoms with Gasteiger partial charge in [0, 0.05) is 27.6 Å². The van der Waals surface area contributed by atoms with Crippen molar-refractivity contribution in [2.24, 2.45) is 0 Å². The van der Waals surface area contributed by atoms with Gasteiger partial charge in [-0.15, -0.1) is 4.33 Å². The molecule has 18 nitrogen and oxygen atoms in total. The van der Waals surface area contributed by atoms with E-state index in [1.807, 2.05) is 24.3 Å². The van der Waals surface area contributed by atoms with Crippen LogP contribution in [0.15, 0.2) is 107 Å². The standard InChI is InChI=1S/C32H26N10O8S2/c43-31-39-27(33-21-7-3-1-4-8-21)37-29(41-31)35-23-15-13-19(25(17-23)51-50-49-45)11-12-20-14-16-24(18-26(20)52(46,47)48)36-30-38-28(40-32(44)42-30)34-22-9-5-2-6-10-22/h1-18,45H,(H,46,47,48)(H3,33,35,37,39,41,43)(H3,34,36,38,40,42,44). The SMILES string of the molecule is O=S(=O)(O)c1cc(Nc2nc(O)nc(Nc3ccccc3)n2)ccc1C=Cc1ccc(Nc2nc(O)nc(Nc3ccccc3)n2)cc1SOOO. The minimum absolute atomic E-state index is 0.00653. The first-order chi connectivity index (χ1) is 25.1. The third kappa shape index (κ3) is 9.63. The topological polar surface area (TPSA) is 259 Å². The van der Waals surface area contributed by atoms with E-state index in [1.165, 1.54) is 24.3 Å². The Bertz CT molecular complexity index is 2320. The van der Waals surface area contributed by atoms with E-state index in [9.17, 15) is 23.2 Å². The van der Waals surface area contributed by atoms with Crippen LogP contribution in [0, 0.1) is 0 Å². The van der Waals surface area contributed by atoms with Gasteiger partial charge in [-0.25, -0.2) is 5.26 Å². The molecule has 6 rings (SSSR count). The third-order valence-corrected chi connectivity index (χ3v) is 8.29. The number of anilines is 8. The molecular weight excluding hydrogens is 717 g/mol. The molecule has 0 radical (unpaired) electrons. The maximum Gasteiger partial charge on any atom is 0.320 e. The van der Waals surface area contributed by atoms with Crippen molar-refractivity contribution < 1.29 is 37.8 Å². The fourth-order valence-electron chi connectivity index (χ4n) is 4.54. The molecule has 0 unspecified atom stereocenters. The van der Waals surface area contributed by atoms with Crippen molar-refractivity contribution in [2.75, 3.05) is 21.3 Å². The molecule has 4 aromatic carbocycles. The van der Waals surface area contributed by atoms with Gasteiger partial charge in [0.25, 0.3) is 10.1 Å². The van der Waals surface area contributed by atoms with E-state index in [4.69, 9.17) is 5.26 Å². The van der Waals surface area contributed by atoms with Crippen LogP contribution < -0.4 is 21.3 Å². The normalized spacial score (nSPS) is 11.3. The van der Waals surface area contributed by atoms with Gasteiger partial charge in [-0.3, -0.25) is 4.55 Å². The van der Waals surface area contributed by atoms with Gasteiger partial charge in [0.15, 0.2) is 0 Å².